The average molecular weight is 213 g/mol. The maximum absolute atomic E-state index is 5.88. The van der Waals surface area contributed by atoms with E-state index >= 15 is 0 Å². The highest BCUT2D eigenvalue weighted by molar-refractivity contribution is 4.88. The summed E-state index contributed by atoms with van der Waals surface area (Å²) in [5, 5.41) is 0. The SMILES string of the molecule is CC(C)(C)OC[C@@H]1CCCN1C1COC1. The molecule has 3 nitrogen and oxygen atoms in total. The molecule has 0 unspecified atom stereocenters. The van der Waals surface area contributed by atoms with Crippen molar-refractivity contribution in [1.29, 1.82) is 0 Å². The van der Waals surface area contributed by atoms with E-state index in [0.717, 1.165) is 19.8 Å². The summed E-state index contributed by atoms with van der Waals surface area (Å²) in [6.45, 7) is 10.3. The van der Waals surface area contributed by atoms with Crippen molar-refractivity contribution < 1.29 is 9.47 Å². The zero-order valence-corrected chi connectivity index (χ0v) is 10.2. The molecule has 0 aromatic carbocycles. The number of nitrogens with zero attached hydrogens (tertiary/aromatic N) is 1. The Hall–Kier alpha value is -0.120. The van der Waals surface area contributed by atoms with Gasteiger partial charge in [-0.25, -0.2) is 0 Å². The molecule has 0 N–H and O–H groups in total. The van der Waals surface area contributed by atoms with Gasteiger partial charge in [-0.05, 0) is 40.2 Å². The molecule has 88 valence electrons. The van der Waals surface area contributed by atoms with Gasteiger partial charge in [-0.2, -0.15) is 0 Å². The van der Waals surface area contributed by atoms with E-state index in [-0.39, 0.29) is 5.60 Å². The van der Waals surface area contributed by atoms with Gasteiger partial charge in [0.1, 0.15) is 0 Å². The molecule has 2 aliphatic rings. The Morgan fingerprint density at radius 2 is 2.07 bits per heavy atom. The first-order valence-corrected chi connectivity index (χ1v) is 6.04. The van der Waals surface area contributed by atoms with Gasteiger partial charge in [0, 0.05) is 6.04 Å². The van der Waals surface area contributed by atoms with E-state index in [2.05, 4.69) is 25.7 Å². The third-order valence-electron chi connectivity index (χ3n) is 3.22. The molecule has 0 aromatic heterocycles. The standard InChI is InChI=1S/C12H23NO2/c1-12(2,3)15-9-10-5-4-6-13(10)11-7-14-8-11/h10-11H,4-9H2,1-3H3/t10-/m0/s1. The lowest BCUT2D eigenvalue weighted by molar-refractivity contribution is -0.0914. The Morgan fingerprint density at radius 1 is 1.33 bits per heavy atom. The van der Waals surface area contributed by atoms with E-state index in [1.165, 1.54) is 19.4 Å². The van der Waals surface area contributed by atoms with Crippen LogP contribution in [0.25, 0.3) is 0 Å². The molecular formula is C12H23NO2. The van der Waals surface area contributed by atoms with Crippen LogP contribution < -0.4 is 0 Å². The van der Waals surface area contributed by atoms with Gasteiger partial charge < -0.3 is 9.47 Å². The topological polar surface area (TPSA) is 21.7 Å². The van der Waals surface area contributed by atoms with Crippen molar-refractivity contribution in [2.24, 2.45) is 0 Å². The fourth-order valence-corrected chi connectivity index (χ4v) is 2.28. The summed E-state index contributed by atoms with van der Waals surface area (Å²) in [6.07, 6.45) is 2.60. The molecule has 0 amide bonds. The number of likely N-dealkylation sites (tertiary alicyclic amines) is 1. The predicted molar refractivity (Wildman–Crippen MR) is 60.0 cm³/mol. The normalized spacial score (nSPS) is 29.4. The van der Waals surface area contributed by atoms with Crippen LogP contribution in [0.5, 0.6) is 0 Å². The Balaban J connectivity index is 1.80. The Labute approximate surface area is 92.7 Å². The minimum atomic E-state index is -0.00955. The fourth-order valence-electron chi connectivity index (χ4n) is 2.28. The first-order valence-electron chi connectivity index (χ1n) is 6.04. The third-order valence-corrected chi connectivity index (χ3v) is 3.22. The van der Waals surface area contributed by atoms with E-state index in [0.29, 0.717) is 12.1 Å². The van der Waals surface area contributed by atoms with Crippen molar-refractivity contribution in [1.82, 2.24) is 4.90 Å². The molecule has 0 aromatic rings. The number of hydrogen-bond donors (Lipinski definition) is 0. The lowest BCUT2D eigenvalue weighted by Crippen LogP contribution is -2.52. The maximum atomic E-state index is 5.88. The molecule has 1 atom stereocenters. The van der Waals surface area contributed by atoms with Crippen LogP contribution in [0.1, 0.15) is 33.6 Å². The highest BCUT2D eigenvalue weighted by Crippen LogP contribution is 2.25. The van der Waals surface area contributed by atoms with Crippen LogP contribution in [0.2, 0.25) is 0 Å². The lowest BCUT2D eigenvalue weighted by Gasteiger charge is -2.39. The summed E-state index contributed by atoms with van der Waals surface area (Å²) in [4.78, 5) is 2.58. The molecule has 3 heteroatoms. The van der Waals surface area contributed by atoms with Crippen LogP contribution in [0, 0.1) is 0 Å². The molecule has 0 spiro atoms. The van der Waals surface area contributed by atoms with Crippen molar-refractivity contribution in [2.75, 3.05) is 26.4 Å². The second-order valence-corrected chi connectivity index (χ2v) is 5.65. The quantitative estimate of drug-likeness (QED) is 0.712. The first-order chi connectivity index (χ1) is 7.06. The molecule has 0 radical (unpaired) electrons. The highest BCUT2D eigenvalue weighted by atomic mass is 16.5. The van der Waals surface area contributed by atoms with Crippen molar-refractivity contribution in [3.05, 3.63) is 0 Å². The third kappa shape index (κ3) is 2.92. The number of rotatable bonds is 3. The second-order valence-electron chi connectivity index (χ2n) is 5.65. The molecule has 2 fully saturated rings. The van der Waals surface area contributed by atoms with E-state index in [9.17, 15) is 0 Å². The molecule has 2 heterocycles. The van der Waals surface area contributed by atoms with Gasteiger partial charge in [-0.1, -0.05) is 0 Å². The first kappa shape index (κ1) is 11.4. The minimum absolute atomic E-state index is 0.00955. The van der Waals surface area contributed by atoms with Gasteiger partial charge in [0.25, 0.3) is 0 Å². The van der Waals surface area contributed by atoms with Gasteiger partial charge in [0.05, 0.1) is 31.5 Å². The second kappa shape index (κ2) is 4.40. The number of hydrogen-bond acceptors (Lipinski definition) is 3. The van der Waals surface area contributed by atoms with Crippen molar-refractivity contribution in [2.45, 2.75) is 51.3 Å². The summed E-state index contributed by atoms with van der Waals surface area (Å²) in [5.41, 5.74) is -0.00955. The minimum Gasteiger partial charge on any atom is -0.378 e. The van der Waals surface area contributed by atoms with Crippen molar-refractivity contribution >= 4 is 0 Å². The Kier molecular flexibility index (Phi) is 3.33. The summed E-state index contributed by atoms with van der Waals surface area (Å²) in [5.74, 6) is 0. The van der Waals surface area contributed by atoms with Crippen LogP contribution in [0.4, 0.5) is 0 Å². The van der Waals surface area contributed by atoms with Gasteiger partial charge in [0.15, 0.2) is 0 Å². The Morgan fingerprint density at radius 3 is 2.60 bits per heavy atom. The van der Waals surface area contributed by atoms with Crippen LogP contribution >= 0.6 is 0 Å². The fraction of sp³-hybridized carbons (Fsp3) is 1.00. The largest absolute Gasteiger partial charge is 0.378 e. The zero-order chi connectivity index (χ0) is 10.9. The summed E-state index contributed by atoms with van der Waals surface area (Å²) >= 11 is 0. The monoisotopic (exact) mass is 213 g/mol. The van der Waals surface area contributed by atoms with Crippen LogP contribution in [0.3, 0.4) is 0 Å². The van der Waals surface area contributed by atoms with Crippen molar-refractivity contribution in [3.8, 4) is 0 Å². The summed E-state index contributed by atoms with van der Waals surface area (Å²) < 4.78 is 11.1. The van der Waals surface area contributed by atoms with Gasteiger partial charge in [0.2, 0.25) is 0 Å². The highest BCUT2D eigenvalue weighted by Gasteiger charge is 2.35. The van der Waals surface area contributed by atoms with E-state index in [1.54, 1.807) is 0 Å². The smallest absolute Gasteiger partial charge is 0.0645 e. The zero-order valence-electron chi connectivity index (χ0n) is 10.2. The van der Waals surface area contributed by atoms with E-state index in [4.69, 9.17) is 9.47 Å². The molecular weight excluding hydrogens is 190 g/mol. The molecule has 0 aliphatic carbocycles. The maximum Gasteiger partial charge on any atom is 0.0645 e. The average Bonchev–Trinajstić information content (AvgIpc) is 2.44. The van der Waals surface area contributed by atoms with E-state index < -0.39 is 0 Å². The molecule has 15 heavy (non-hydrogen) atoms. The lowest BCUT2D eigenvalue weighted by atomic mass is 10.1. The molecule has 2 aliphatic heterocycles. The van der Waals surface area contributed by atoms with Crippen LogP contribution in [-0.2, 0) is 9.47 Å². The Bertz CT molecular complexity index is 208. The predicted octanol–water partition coefficient (Wildman–Crippen LogP) is 1.66. The number of ether oxygens (including phenoxy) is 2. The molecule has 2 rings (SSSR count). The molecule has 0 saturated carbocycles. The van der Waals surface area contributed by atoms with Gasteiger partial charge in [-0.15, -0.1) is 0 Å². The van der Waals surface area contributed by atoms with Crippen molar-refractivity contribution in [3.63, 3.8) is 0 Å². The van der Waals surface area contributed by atoms with E-state index in [1.807, 2.05) is 0 Å². The summed E-state index contributed by atoms with van der Waals surface area (Å²) in [7, 11) is 0. The molecule has 2 saturated heterocycles. The van der Waals surface area contributed by atoms with Crippen LogP contribution in [0.15, 0.2) is 0 Å². The van der Waals surface area contributed by atoms with Gasteiger partial charge in [-0.3, -0.25) is 4.90 Å². The molecule has 0 bridgehead atoms. The van der Waals surface area contributed by atoms with Gasteiger partial charge >= 0.3 is 0 Å². The summed E-state index contributed by atoms with van der Waals surface area (Å²) in [6, 6.07) is 1.29. The van der Waals surface area contributed by atoms with Crippen LogP contribution in [-0.4, -0.2) is 49.0 Å².